The first-order valence-corrected chi connectivity index (χ1v) is 4.01. The van der Waals surface area contributed by atoms with Crippen molar-refractivity contribution < 1.29 is 17.4 Å². The molecule has 0 saturated heterocycles. The molecule has 0 saturated carbocycles. The number of aldehydes is 1. The van der Waals surface area contributed by atoms with Gasteiger partial charge in [-0.1, -0.05) is 0 Å². The number of carbonyl (C=O) groups excluding carboxylic acids is 1. The van der Waals surface area contributed by atoms with E-state index < -0.39 is 15.9 Å². The summed E-state index contributed by atoms with van der Waals surface area (Å²) in [6.07, 6.45) is 0.297. The van der Waals surface area contributed by atoms with Crippen molar-refractivity contribution in [3.63, 3.8) is 0 Å². The molecule has 0 aliphatic rings. The standard InChI is InChI=1S/C4H8O4S/c1-2-8-9(6,7)4-3-5/h3H,2,4H2,1H3. The van der Waals surface area contributed by atoms with Gasteiger partial charge in [-0.25, -0.2) is 0 Å². The van der Waals surface area contributed by atoms with E-state index in [1.54, 1.807) is 6.92 Å². The highest BCUT2D eigenvalue weighted by molar-refractivity contribution is 7.87. The van der Waals surface area contributed by atoms with Crippen molar-refractivity contribution in [1.82, 2.24) is 0 Å². The first kappa shape index (κ1) is 8.58. The fourth-order valence-electron chi connectivity index (χ4n) is 0.311. The number of hydrogen-bond acceptors (Lipinski definition) is 4. The van der Waals surface area contributed by atoms with Crippen LogP contribution in [0, 0.1) is 0 Å². The van der Waals surface area contributed by atoms with Crippen LogP contribution in [0.5, 0.6) is 0 Å². The predicted molar refractivity (Wildman–Crippen MR) is 31.5 cm³/mol. The van der Waals surface area contributed by atoms with E-state index in [0.29, 0.717) is 6.29 Å². The van der Waals surface area contributed by atoms with Crippen LogP contribution in [0.25, 0.3) is 0 Å². The molecule has 0 fully saturated rings. The van der Waals surface area contributed by atoms with Crippen molar-refractivity contribution in [1.29, 1.82) is 0 Å². The molecule has 0 spiro atoms. The van der Waals surface area contributed by atoms with Crippen LogP contribution in [0.1, 0.15) is 6.92 Å². The molecule has 0 aromatic carbocycles. The van der Waals surface area contributed by atoms with Crippen LogP contribution in [-0.2, 0) is 19.1 Å². The van der Waals surface area contributed by atoms with Gasteiger partial charge in [-0.2, -0.15) is 8.42 Å². The average Bonchev–Trinajstić information content (AvgIpc) is 1.64. The lowest BCUT2D eigenvalue weighted by molar-refractivity contribution is -0.105. The third-order valence-corrected chi connectivity index (χ3v) is 1.71. The summed E-state index contributed by atoms with van der Waals surface area (Å²) in [6, 6.07) is 0. The smallest absolute Gasteiger partial charge is 0.274 e. The highest BCUT2D eigenvalue weighted by Gasteiger charge is 2.06. The summed E-state index contributed by atoms with van der Waals surface area (Å²) in [4.78, 5) is 9.64. The summed E-state index contributed by atoms with van der Waals surface area (Å²) in [5, 5.41) is 0. The molecule has 0 rings (SSSR count). The van der Waals surface area contributed by atoms with Crippen LogP contribution < -0.4 is 0 Å². The molecule has 0 aliphatic carbocycles. The maximum absolute atomic E-state index is 10.4. The van der Waals surface area contributed by atoms with Crippen LogP contribution in [0.2, 0.25) is 0 Å². The van der Waals surface area contributed by atoms with E-state index in [0.717, 1.165) is 0 Å². The first-order chi connectivity index (χ1) is 4.12. The Bertz CT molecular complexity index is 169. The lowest BCUT2D eigenvalue weighted by Crippen LogP contribution is -2.10. The minimum atomic E-state index is -3.55. The number of hydrogen-bond donors (Lipinski definition) is 0. The maximum atomic E-state index is 10.4. The van der Waals surface area contributed by atoms with Crippen LogP contribution in [0.3, 0.4) is 0 Å². The largest absolute Gasteiger partial charge is 0.302 e. The topological polar surface area (TPSA) is 60.4 Å². The molecule has 0 N–H and O–H groups in total. The normalized spacial score (nSPS) is 11.2. The fraction of sp³-hybridized carbons (Fsp3) is 0.750. The molecule has 0 aromatic rings. The summed E-state index contributed by atoms with van der Waals surface area (Å²) >= 11 is 0. The second-order valence-electron chi connectivity index (χ2n) is 1.30. The van der Waals surface area contributed by atoms with Crippen LogP contribution in [0.15, 0.2) is 0 Å². The number of carbonyl (C=O) groups is 1. The molecule has 4 nitrogen and oxygen atoms in total. The Morgan fingerprint density at radius 1 is 1.56 bits per heavy atom. The van der Waals surface area contributed by atoms with Crippen molar-refractivity contribution >= 4 is 16.4 Å². The summed E-state index contributed by atoms with van der Waals surface area (Å²) in [7, 11) is -3.55. The van der Waals surface area contributed by atoms with Gasteiger partial charge in [-0.3, -0.25) is 4.18 Å². The molecule has 0 unspecified atom stereocenters. The van der Waals surface area contributed by atoms with Gasteiger partial charge in [-0.05, 0) is 6.92 Å². The summed E-state index contributed by atoms with van der Waals surface area (Å²) in [5.41, 5.74) is 0. The highest BCUT2D eigenvalue weighted by Crippen LogP contribution is 1.88. The van der Waals surface area contributed by atoms with Gasteiger partial charge in [-0.15, -0.1) is 0 Å². The molecule has 0 atom stereocenters. The van der Waals surface area contributed by atoms with Gasteiger partial charge in [0.25, 0.3) is 10.1 Å². The zero-order valence-electron chi connectivity index (χ0n) is 5.03. The van der Waals surface area contributed by atoms with Crippen molar-refractivity contribution in [2.45, 2.75) is 6.92 Å². The summed E-state index contributed by atoms with van der Waals surface area (Å²) < 4.78 is 25.0. The lowest BCUT2D eigenvalue weighted by Gasteiger charge is -1.95. The van der Waals surface area contributed by atoms with Gasteiger partial charge in [0, 0.05) is 0 Å². The monoisotopic (exact) mass is 152 g/mol. The van der Waals surface area contributed by atoms with Crippen LogP contribution in [0.4, 0.5) is 0 Å². The molecule has 5 heteroatoms. The van der Waals surface area contributed by atoms with E-state index in [1.165, 1.54) is 0 Å². The molecular formula is C4H8O4S. The maximum Gasteiger partial charge on any atom is 0.274 e. The zero-order valence-corrected chi connectivity index (χ0v) is 5.85. The van der Waals surface area contributed by atoms with E-state index in [-0.39, 0.29) is 6.61 Å². The first-order valence-electron chi connectivity index (χ1n) is 2.43. The van der Waals surface area contributed by atoms with E-state index in [9.17, 15) is 13.2 Å². The Labute approximate surface area is 53.9 Å². The molecule has 9 heavy (non-hydrogen) atoms. The molecule has 54 valence electrons. The van der Waals surface area contributed by atoms with Crippen molar-refractivity contribution in [2.75, 3.05) is 12.4 Å². The Morgan fingerprint density at radius 2 is 2.11 bits per heavy atom. The van der Waals surface area contributed by atoms with Gasteiger partial charge >= 0.3 is 0 Å². The quantitative estimate of drug-likeness (QED) is 0.404. The Kier molecular flexibility index (Phi) is 3.41. The van der Waals surface area contributed by atoms with E-state index in [2.05, 4.69) is 4.18 Å². The van der Waals surface area contributed by atoms with Gasteiger partial charge in [0.1, 0.15) is 12.0 Å². The third kappa shape index (κ3) is 4.11. The Morgan fingerprint density at radius 3 is 2.44 bits per heavy atom. The average molecular weight is 152 g/mol. The SMILES string of the molecule is CCOS(=O)(=O)CC=O. The van der Waals surface area contributed by atoms with Gasteiger partial charge in [0.2, 0.25) is 0 Å². The Hall–Kier alpha value is -0.420. The molecule has 0 bridgehead atoms. The molecule has 0 radical (unpaired) electrons. The Balaban J connectivity index is 3.88. The van der Waals surface area contributed by atoms with E-state index in [1.807, 2.05) is 0 Å². The predicted octanol–water partition coefficient (Wildman–Crippen LogP) is -0.448. The van der Waals surface area contributed by atoms with Crippen molar-refractivity contribution in [3.8, 4) is 0 Å². The second-order valence-corrected chi connectivity index (χ2v) is 2.98. The minimum Gasteiger partial charge on any atom is -0.302 e. The third-order valence-electron chi connectivity index (χ3n) is 0.570. The molecule has 0 aromatic heterocycles. The molecule has 0 amide bonds. The molecule has 0 heterocycles. The second kappa shape index (κ2) is 3.58. The zero-order chi connectivity index (χ0) is 7.33. The van der Waals surface area contributed by atoms with Crippen LogP contribution >= 0.6 is 0 Å². The minimum absolute atomic E-state index is 0.0795. The van der Waals surface area contributed by atoms with Gasteiger partial charge in [0.05, 0.1) is 6.61 Å². The summed E-state index contributed by atoms with van der Waals surface area (Å²) in [6.45, 7) is 1.62. The molecular weight excluding hydrogens is 144 g/mol. The van der Waals surface area contributed by atoms with E-state index >= 15 is 0 Å². The summed E-state index contributed by atoms with van der Waals surface area (Å²) in [5.74, 6) is -0.555. The highest BCUT2D eigenvalue weighted by atomic mass is 32.2. The van der Waals surface area contributed by atoms with E-state index in [4.69, 9.17) is 0 Å². The van der Waals surface area contributed by atoms with Crippen LogP contribution in [-0.4, -0.2) is 27.1 Å². The fourth-order valence-corrected chi connectivity index (χ4v) is 0.933. The number of rotatable bonds is 4. The lowest BCUT2D eigenvalue weighted by atomic mass is 10.9. The van der Waals surface area contributed by atoms with Gasteiger partial charge in [0.15, 0.2) is 0 Å². The van der Waals surface area contributed by atoms with Crippen molar-refractivity contribution in [2.24, 2.45) is 0 Å². The van der Waals surface area contributed by atoms with Crippen molar-refractivity contribution in [3.05, 3.63) is 0 Å². The molecule has 0 aliphatic heterocycles. The van der Waals surface area contributed by atoms with Gasteiger partial charge < -0.3 is 4.79 Å².